The summed E-state index contributed by atoms with van der Waals surface area (Å²) < 4.78 is 0. The molecular formula is C17H31IN4. The van der Waals surface area contributed by atoms with E-state index in [4.69, 9.17) is 0 Å². The molecular weight excluding hydrogens is 387 g/mol. The lowest BCUT2D eigenvalue weighted by Crippen LogP contribution is -2.41. The Hall–Kier alpha value is -0.820. The molecule has 22 heavy (non-hydrogen) atoms. The van der Waals surface area contributed by atoms with Gasteiger partial charge in [0.25, 0.3) is 0 Å². The lowest BCUT2D eigenvalue weighted by molar-refractivity contribution is 0.278. The van der Waals surface area contributed by atoms with Gasteiger partial charge in [-0.15, -0.1) is 24.0 Å². The van der Waals surface area contributed by atoms with Crippen LogP contribution in [0.1, 0.15) is 30.5 Å². The van der Waals surface area contributed by atoms with Crippen LogP contribution < -0.4 is 10.6 Å². The van der Waals surface area contributed by atoms with E-state index in [0.29, 0.717) is 6.04 Å². The van der Waals surface area contributed by atoms with Gasteiger partial charge in [-0.05, 0) is 45.9 Å². The van der Waals surface area contributed by atoms with Crippen molar-refractivity contribution in [3.63, 3.8) is 0 Å². The fourth-order valence-electron chi connectivity index (χ4n) is 2.05. The molecule has 0 unspecified atom stereocenters. The Morgan fingerprint density at radius 2 is 1.91 bits per heavy atom. The van der Waals surface area contributed by atoms with Crippen molar-refractivity contribution in [2.75, 3.05) is 27.2 Å². The summed E-state index contributed by atoms with van der Waals surface area (Å²) in [6.07, 6.45) is 0. The Morgan fingerprint density at radius 3 is 2.45 bits per heavy atom. The van der Waals surface area contributed by atoms with Crippen LogP contribution in [-0.2, 0) is 6.54 Å². The molecule has 0 aliphatic heterocycles. The Bertz CT molecular complexity index is 472. The van der Waals surface area contributed by atoms with Crippen molar-refractivity contribution in [1.82, 2.24) is 15.5 Å². The average Bonchev–Trinajstić information content (AvgIpc) is 2.43. The molecule has 1 rings (SSSR count). The second-order valence-electron chi connectivity index (χ2n) is 5.86. The van der Waals surface area contributed by atoms with Crippen LogP contribution >= 0.6 is 24.0 Å². The number of aliphatic imine (C=N–C) groups is 1. The van der Waals surface area contributed by atoms with Crippen molar-refractivity contribution >= 4 is 29.9 Å². The first-order chi connectivity index (χ1) is 9.93. The third-order valence-corrected chi connectivity index (χ3v) is 3.81. The maximum Gasteiger partial charge on any atom is 0.191 e. The zero-order chi connectivity index (χ0) is 15.8. The highest BCUT2D eigenvalue weighted by Crippen LogP contribution is 2.09. The van der Waals surface area contributed by atoms with Crippen molar-refractivity contribution < 1.29 is 0 Å². The topological polar surface area (TPSA) is 39.7 Å². The predicted octanol–water partition coefficient (Wildman–Crippen LogP) is 2.93. The zero-order valence-corrected chi connectivity index (χ0v) is 17.1. The predicted molar refractivity (Wildman–Crippen MR) is 107 cm³/mol. The van der Waals surface area contributed by atoms with Crippen LogP contribution in [0.15, 0.2) is 23.2 Å². The van der Waals surface area contributed by atoms with E-state index in [-0.39, 0.29) is 24.0 Å². The number of aryl methyl sites for hydroxylation is 2. The number of likely N-dealkylation sites (N-methyl/N-ethyl adjacent to an activating group) is 1. The number of benzene rings is 1. The molecule has 0 saturated heterocycles. The third kappa shape index (κ3) is 7.45. The maximum atomic E-state index is 4.27. The summed E-state index contributed by atoms with van der Waals surface area (Å²) in [6, 6.07) is 7.11. The molecule has 5 heteroatoms. The zero-order valence-electron chi connectivity index (χ0n) is 14.7. The second kappa shape index (κ2) is 10.8. The standard InChI is InChI=1S/C17H30N4.HI/c1-13(2)21(6)10-9-19-17(18-5)20-12-16-8-7-14(3)11-15(16)4;/h7-8,11,13H,9-10,12H2,1-6H3,(H2,18,19,20);1H. The molecule has 0 atom stereocenters. The molecule has 1 aromatic rings. The van der Waals surface area contributed by atoms with Crippen LogP contribution in [0.2, 0.25) is 0 Å². The highest BCUT2D eigenvalue weighted by atomic mass is 127. The van der Waals surface area contributed by atoms with E-state index in [1.54, 1.807) is 0 Å². The normalized spacial score (nSPS) is 11.5. The number of nitrogens with one attached hydrogen (secondary N) is 2. The number of rotatable bonds is 6. The second-order valence-corrected chi connectivity index (χ2v) is 5.86. The minimum Gasteiger partial charge on any atom is -0.355 e. The SMILES string of the molecule is CN=C(NCCN(C)C(C)C)NCc1ccc(C)cc1C.I. The summed E-state index contributed by atoms with van der Waals surface area (Å²) in [5.74, 6) is 0.854. The van der Waals surface area contributed by atoms with Crippen LogP contribution in [0.5, 0.6) is 0 Å². The Labute approximate surface area is 152 Å². The minimum absolute atomic E-state index is 0. The molecule has 0 bridgehead atoms. The van der Waals surface area contributed by atoms with Crippen LogP contribution in [-0.4, -0.2) is 44.1 Å². The molecule has 0 heterocycles. The molecule has 0 amide bonds. The molecule has 0 aliphatic rings. The van der Waals surface area contributed by atoms with Crippen LogP contribution in [0.25, 0.3) is 0 Å². The third-order valence-electron chi connectivity index (χ3n) is 3.81. The lowest BCUT2D eigenvalue weighted by Gasteiger charge is -2.21. The van der Waals surface area contributed by atoms with E-state index in [0.717, 1.165) is 25.6 Å². The molecule has 2 N–H and O–H groups in total. The average molecular weight is 418 g/mol. The Balaban J connectivity index is 0.00000441. The fraction of sp³-hybridized carbons (Fsp3) is 0.588. The largest absolute Gasteiger partial charge is 0.355 e. The molecule has 0 spiro atoms. The molecule has 0 radical (unpaired) electrons. The van der Waals surface area contributed by atoms with E-state index in [9.17, 15) is 0 Å². The van der Waals surface area contributed by atoms with Crippen molar-refractivity contribution in [3.05, 3.63) is 34.9 Å². The van der Waals surface area contributed by atoms with E-state index >= 15 is 0 Å². The van der Waals surface area contributed by atoms with Gasteiger partial charge >= 0.3 is 0 Å². The summed E-state index contributed by atoms with van der Waals surface area (Å²) in [4.78, 5) is 6.58. The van der Waals surface area contributed by atoms with Crippen molar-refractivity contribution in [3.8, 4) is 0 Å². The summed E-state index contributed by atoms with van der Waals surface area (Å²) in [6.45, 7) is 11.4. The molecule has 1 aromatic carbocycles. The van der Waals surface area contributed by atoms with E-state index in [1.807, 2.05) is 7.05 Å². The monoisotopic (exact) mass is 418 g/mol. The first kappa shape index (κ1) is 21.2. The highest BCUT2D eigenvalue weighted by molar-refractivity contribution is 14.0. The lowest BCUT2D eigenvalue weighted by atomic mass is 10.1. The first-order valence-corrected chi connectivity index (χ1v) is 7.65. The molecule has 4 nitrogen and oxygen atoms in total. The van der Waals surface area contributed by atoms with Gasteiger partial charge in [-0.2, -0.15) is 0 Å². The van der Waals surface area contributed by atoms with E-state index in [1.165, 1.54) is 16.7 Å². The van der Waals surface area contributed by atoms with Crippen LogP contribution in [0.3, 0.4) is 0 Å². The van der Waals surface area contributed by atoms with Gasteiger partial charge in [-0.1, -0.05) is 23.8 Å². The van der Waals surface area contributed by atoms with Crippen LogP contribution in [0, 0.1) is 13.8 Å². The van der Waals surface area contributed by atoms with Gasteiger partial charge in [0.05, 0.1) is 0 Å². The first-order valence-electron chi connectivity index (χ1n) is 7.65. The van der Waals surface area contributed by atoms with Crippen molar-refractivity contribution in [2.45, 2.75) is 40.3 Å². The molecule has 0 saturated carbocycles. The van der Waals surface area contributed by atoms with E-state index in [2.05, 4.69) is 73.5 Å². The number of guanidine groups is 1. The molecule has 126 valence electrons. The van der Waals surface area contributed by atoms with Gasteiger partial charge in [-0.25, -0.2) is 0 Å². The summed E-state index contributed by atoms with van der Waals surface area (Å²) >= 11 is 0. The number of halogens is 1. The Kier molecular flexibility index (Phi) is 10.4. The summed E-state index contributed by atoms with van der Waals surface area (Å²) in [5, 5.41) is 6.72. The molecule has 0 fully saturated rings. The highest BCUT2D eigenvalue weighted by Gasteiger charge is 2.04. The van der Waals surface area contributed by atoms with Crippen molar-refractivity contribution in [1.29, 1.82) is 0 Å². The van der Waals surface area contributed by atoms with Gasteiger partial charge in [0.15, 0.2) is 5.96 Å². The van der Waals surface area contributed by atoms with E-state index < -0.39 is 0 Å². The maximum absolute atomic E-state index is 4.27. The summed E-state index contributed by atoms with van der Waals surface area (Å²) in [7, 11) is 3.95. The van der Waals surface area contributed by atoms with Gasteiger partial charge in [0.2, 0.25) is 0 Å². The quantitative estimate of drug-likeness (QED) is 0.424. The number of hydrogen-bond donors (Lipinski definition) is 2. The van der Waals surface area contributed by atoms with Crippen molar-refractivity contribution in [2.24, 2.45) is 4.99 Å². The van der Waals surface area contributed by atoms with Gasteiger partial charge in [0.1, 0.15) is 0 Å². The van der Waals surface area contributed by atoms with Gasteiger partial charge in [0, 0.05) is 32.7 Å². The number of nitrogens with zero attached hydrogens (tertiary/aromatic N) is 2. The fourth-order valence-corrected chi connectivity index (χ4v) is 2.05. The molecule has 0 aliphatic carbocycles. The minimum atomic E-state index is 0. The van der Waals surface area contributed by atoms with Gasteiger partial charge in [-0.3, -0.25) is 4.99 Å². The smallest absolute Gasteiger partial charge is 0.191 e. The molecule has 0 aromatic heterocycles. The Morgan fingerprint density at radius 1 is 1.23 bits per heavy atom. The van der Waals surface area contributed by atoms with Gasteiger partial charge < -0.3 is 15.5 Å². The number of hydrogen-bond acceptors (Lipinski definition) is 2. The summed E-state index contributed by atoms with van der Waals surface area (Å²) in [5.41, 5.74) is 3.93. The van der Waals surface area contributed by atoms with Crippen LogP contribution in [0.4, 0.5) is 0 Å².